The lowest BCUT2D eigenvalue weighted by Crippen LogP contribution is -2.53. The molecule has 2 unspecified atom stereocenters. The molecule has 11 heteroatoms. The smallest absolute Gasteiger partial charge is 0.325 e. The van der Waals surface area contributed by atoms with Gasteiger partial charge in [0.25, 0.3) is 5.91 Å². The second-order valence-corrected chi connectivity index (χ2v) is 5.40. The molecule has 2 atom stereocenters. The molecule has 0 fully saturated rings. The van der Waals surface area contributed by atoms with Crippen molar-refractivity contribution in [1.82, 2.24) is 10.2 Å². The van der Waals surface area contributed by atoms with E-state index in [1.165, 1.54) is 6.92 Å². The normalized spacial score (nSPS) is 12.6. The van der Waals surface area contributed by atoms with Gasteiger partial charge >= 0.3 is 11.9 Å². The van der Waals surface area contributed by atoms with Crippen molar-refractivity contribution in [3.8, 4) is 0 Å². The molecule has 25 heavy (non-hydrogen) atoms. The van der Waals surface area contributed by atoms with E-state index in [1.807, 2.05) is 0 Å². The summed E-state index contributed by atoms with van der Waals surface area (Å²) in [5.41, 5.74) is 5.30. The molecule has 0 radical (unpaired) electrons. The molecule has 0 aromatic rings. The number of hydrogen-bond acceptors (Lipinski definition) is 8. The number of rotatable bonds is 10. The van der Waals surface area contributed by atoms with Crippen molar-refractivity contribution in [3.05, 3.63) is 0 Å². The van der Waals surface area contributed by atoms with Gasteiger partial charge < -0.3 is 20.9 Å². The molecule has 142 valence electrons. The Balaban J connectivity index is 4.94. The minimum atomic E-state index is -1.24. The first-order valence-corrected chi connectivity index (χ1v) is 8.10. The van der Waals surface area contributed by atoms with Gasteiger partial charge in [0, 0.05) is 18.6 Å². The van der Waals surface area contributed by atoms with E-state index >= 15 is 0 Å². The van der Waals surface area contributed by atoms with E-state index in [0.29, 0.717) is 4.90 Å². The van der Waals surface area contributed by atoms with Crippen LogP contribution < -0.4 is 11.1 Å². The SMILES string of the molecule is CCC(=O)N(CC(=O)OC)C(=O)C(CS)NC(=O)CCC(N)C(=O)O. The number of carbonyl (C=O) groups excluding carboxylic acids is 4. The highest BCUT2D eigenvalue weighted by Crippen LogP contribution is 2.04. The van der Waals surface area contributed by atoms with Crippen LogP contribution >= 0.6 is 12.6 Å². The highest BCUT2D eigenvalue weighted by molar-refractivity contribution is 7.80. The van der Waals surface area contributed by atoms with Gasteiger partial charge in [-0.1, -0.05) is 6.92 Å². The second kappa shape index (κ2) is 11.4. The Hall–Kier alpha value is -2.14. The first kappa shape index (κ1) is 22.9. The van der Waals surface area contributed by atoms with E-state index in [9.17, 15) is 24.0 Å². The fourth-order valence-corrected chi connectivity index (χ4v) is 1.97. The largest absolute Gasteiger partial charge is 0.480 e. The summed E-state index contributed by atoms with van der Waals surface area (Å²) in [4.78, 5) is 58.8. The maximum Gasteiger partial charge on any atom is 0.325 e. The lowest BCUT2D eigenvalue weighted by atomic mass is 10.1. The Labute approximate surface area is 150 Å². The van der Waals surface area contributed by atoms with Gasteiger partial charge in [0.2, 0.25) is 11.8 Å². The molecular weight excluding hydrogens is 354 g/mol. The van der Waals surface area contributed by atoms with Gasteiger partial charge in [-0.3, -0.25) is 28.9 Å². The molecule has 4 N–H and O–H groups in total. The predicted octanol–water partition coefficient (Wildman–Crippen LogP) is -1.47. The average Bonchev–Trinajstić information content (AvgIpc) is 2.60. The summed E-state index contributed by atoms with van der Waals surface area (Å²) in [6, 6.07) is -2.36. The van der Waals surface area contributed by atoms with Crippen molar-refractivity contribution < 1.29 is 33.8 Å². The Kier molecular flexibility index (Phi) is 10.4. The molecule has 0 heterocycles. The summed E-state index contributed by atoms with van der Waals surface area (Å²) in [6.07, 6.45) is -0.360. The quantitative estimate of drug-likeness (QED) is 0.266. The molecule has 0 rings (SSSR count). The van der Waals surface area contributed by atoms with Crippen molar-refractivity contribution in [2.24, 2.45) is 5.73 Å². The van der Waals surface area contributed by atoms with E-state index < -0.39 is 48.3 Å². The number of amides is 3. The predicted molar refractivity (Wildman–Crippen MR) is 89.7 cm³/mol. The highest BCUT2D eigenvalue weighted by atomic mass is 32.1. The van der Waals surface area contributed by atoms with Crippen LogP contribution in [0.3, 0.4) is 0 Å². The number of carboxylic acids is 1. The molecule has 10 nitrogen and oxygen atoms in total. The number of carbonyl (C=O) groups is 5. The average molecular weight is 377 g/mol. The molecule has 0 aromatic carbocycles. The number of imide groups is 1. The Morgan fingerprint density at radius 2 is 1.88 bits per heavy atom. The lowest BCUT2D eigenvalue weighted by molar-refractivity contribution is -0.155. The van der Waals surface area contributed by atoms with E-state index in [2.05, 4.69) is 22.7 Å². The first-order chi connectivity index (χ1) is 11.7. The summed E-state index contributed by atoms with van der Waals surface area (Å²) >= 11 is 3.97. The van der Waals surface area contributed by atoms with Crippen LogP contribution in [0.2, 0.25) is 0 Å². The lowest BCUT2D eigenvalue weighted by Gasteiger charge is -2.24. The molecule has 0 spiro atoms. The monoisotopic (exact) mass is 377 g/mol. The van der Waals surface area contributed by atoms with Crippen LogP contribution in [0.1, 0.15) is 26.2 Å². The van der Waals surface area contributed by atoms with E-state index in [4.69, 9.17) is 10.8 Å². The molecule has 0 bridgehead atoms. The van der Waals surface area contributed by atoms with Crippen molar-refractivity contribution in [2.45, 2.75) is 38.3 Å². The van der Waals surface area contributed by atoms with Crippen LogP contribution in [0.25, 0.3) is 0 Å². The fourth-order valence-electron chi connectivity index (χ4n) is 1.72. The van der Waals surface area contributed by atoms with Crippen molar-refractivity contribution in [1.29, 1.82) is 0 Å². The van der Waals surface area contributed by atoms with Crippen molar-refractivity contribution >= 4 is 42.3 Å². The topological polar surface area (TPSA) is 156 Å². The molecule has 0 aliphatic rings. The number of esters is 1. The first-order valence-electron chi connectivity index (χ1n) is 7.47. The van der Waals surface area contributed by atoms with Crippen LogP contribution in [-0.2, 0) is 28.7 Å². The van der Waals surface area contributed by atoms with Gasteiger partial charge in [-0.2, -0.15) is 12.6 Å². The van der Waals surface area contributed by atoms with E-state index in [0.717, 1.165) is 7.11 Å². The summed E-state index contributed by atoms with van der Waals surface area (Å²) in [6.45, 7) is 0.938. The Morgan fingerprint density at radius 3 is 2.32 bits per heavy atom. The van der Waals surface area contributed by atoms with Crippen LogP contribution in [0.4, 0.5) is 0 Å². The number of ether oxygens (including phenoxy) is 1. The number of carboxylic acid groups (broad SMARTS) is 1. The number of thiol groups is 1. The number of aliphatic carboxylic acids is 1. The van der Waals surface area contributed by atoms with Gasteiger partial charge in [-0.05, 0) is 6.42 Å². The minimum Gasteiger partial charge on any atom is -0.480 e. The molecule has 0 aliphatic carbocycles. The van der Waals surface area contributed by atoms with Crippen LogP contribution in [0.15, 0.2) is 0 Å². The van der Waals surface area contributed by atoms with Gasteiger partial charge in [-0.25, -0.2) is 0 Å². The summed E-state index contributed by atoms with van der Waals surface area (Å²) in [5, 5.41) is 11.0. The van der Waals surface area contributed by atoms with Crippen molar-refractivity contribution in [2.75, 3.05) is 19.4 Å². The third-order valence-electron chi connectivity index (χ3n) is 3.20. The van der Waals surface area contributed by atoms with E-state index in [1.54, 1.807) is 0 Å². The molecule has 0 saturated carbocycles. The third kappa shape index (κ3) is 7.98. The second-order valence-electron chi connectivity index (χ2n) is 5.03. The molecule has 3 amide bonds. The zero-order chi connectivity index (χ0) is 19.6. The molecule has 0 saturated heterocycles. The third-order valence-corrected chi connectivity index (χ3v) is 3.57. The zero-order valence-corrected chi connectivity index (χ0v) is 15.0. The van der Waals surface area contributed by atoms with Crippen LogP contribution in [0, 0.1) is 0 Å². The minimum absolute atomic E-state index is 0.0244. The van der Waals surface area contributed by atoms with Crippen LogP contribution in [0.5, 0.6) is 0 Å². The van der Waals surface area contributed by atoms with Gasteiger partial charge in [0.1, 0.15) is 18.6 Å². The maximum absolute atomic E-state index is 12.4. The number of hydrogen-bond donors (Lipinski definition) is 4. The fraction of sp³-hybridized carbons (Fsp3) is 0.643. The number of nitrogens with two attached hydrogens (primary N) is 1. The van der Waals surface area contributed by atoms with Crippen LogP contribution in [-0.4, -0.2) is 71.2 Å². The van der Waals surface area contributed by atoms with Gasteiger partial charge in [0.05, 0.1) is 7.11 Å². The molecule has 0 aromatic heterocycles. The van der Waals surface area contributed by atoms with Gasteiger partial charge in [-0.15, -0.1) is 0 Å². The number of methoxy groups -OCH3 is 1. The standard InChI is InChI=1S/C14H23N3O7S/c1-3-11(19)17(6-12(20)24-2)13(21)9(7-25)16-10(18)5-4-8(15)14(22)23/h8-9,25H,3-7,15H2,1-2H3,(H,16,18)(H,22,23). The molecule has 0 aliphatic heterocycles. The summed E-state index contributed by atoms with van der Waals surface area (Å²) in [5.74, 6) is -4.18. The Morgan fingerprint density at radius 1 is 1.28 bits per heavy atom. The maximum atomic E-state index is 12.4. The Bertz CT molecular complexity index is 527. The van der Waals surface area contributed by atoms with E-state index in [-0.39, 0.29) is 25.0 Å². The number of nitrogens with one attached hydrogen (secondary N) is 1. The zero-order valence-electron chi connectivity index (χ0n) is 14.1. The summed E-state index contributed by atoms with van der Waals surface area (Å²) in [7, 11) is 1.12. The summed E-state index contributed by atoms with van der Waals surface area (Å²) < 4.78 is 4.45. The molecular formula is C14H23N3O7S. The number of nitrogens with zero attached hydrogens (tertiary/aromatic N) is 1. The highest BCUT2D eigenvalue weighted by Gasteiger charge is 2.30. The van der Waals surface area contributed by atoms with Crippen molar-refractivity contribution in [3.63, 3.8) is 0 Å². The van der Waals surface area contributed by atoms with Gasteiger partial charge in [0.15, 0.2) is 0 Å².